The van der Waals surface area contributed by atoms with E-state index in [0.717, 1.165) is 39.6 Å². The lowest BCUT2D eigenvalue weighted by Gasteiger charge is -2.16. The number of benzene rings is 2. The van der Waals surface area contributed by atoms with Crippen LogP contribution in [0.4, 0.5) is 10.1 Å². The summed E-state index contributed by atoms with van der Waals surface area (Å²) >= 11 is 1.51. The second-order valence-electron chi connectivity index (χ2n) is 11.4. The number of fused-ring (bicyclic) bond motifs is 1. The summed E-state index contributed by atoms with van der Waals surface area (Å²) in [4.78, 5) is 40.2. The Morgan fingerprint density at radius 2 is 1.82 bits per heavy atom. The first kappa shape index (κ1) is 28.4. The van der Waals surface area contributed by atoms with Crippen LogP contribution < -0.4 is 9.64 Å². The number of likely N-dealkylation sites (tertiary alicyclic amines) is 1. The summed E-state index contributed by atoms with van der Waals surface area (Å²) in [5, 5.41) is 0. The average molecular weight is 610 g/mol. The highest BCUT2D eigenvalue weighted by Crippen LogP contribution is 2.39. The van der Waals surface area contributed by atoms with Gasteiger partial charge in [-0.2, -0.15) is 0 Å². The Bertz CT molecular complexity index is 1810. The van der Waals surface area contributed by atoms with Gasteiger partial charge in [-0.3, -0.25) is 14.6 Å². The third kappa shape index (κ3) is 5.87. The molecule has 1 unspecified atom stereocenters. The van der Waals surface area contributed by atoms with E-state index >= 15 is 4.39 Å². The Kier molecular flexibility index (Phi) is 7.93. The Morgan fingerprint density at radius 1 is 0.977 bits per heavy atom. The molecular formula is C34H32FN5O3S. The number of imidazole rings is 1. The molecule has 7 rings (SSSR count). The lowest BCUT2D eigenvalue weighted by Crippen LogP contribution is -2.30. The van der Waals surface area contributed by atoms with Crippen LogP contribution in [0.15, 0.2) is 79.4 Å². The van der Waals surface area contributed by atoms with Gasteiger partial charge in [-0.15, -0.1) is 11.3 Å². The van der Waals surface area contributed by atoms with Gasteiger partial charge in [0.05, 0.1) is 33.0 Å². The van der Waals surface area contributed by atoms with Crippen molar-refractivity contribution < 1.29 is 18.7 Å². The number of halogens is 1. The molecule has 224 valence electrons. The molecule has 1 atom stereocenters. The minimum Gasteiger partial charge on any atom is -0.453 e. The molecule has 2 aliphatic rings. The van der Waals surface area contributed by atoms with Crippen LogP contribution >= 0.6 is 11.3 Å². The molecule has 2 saturated heterocycles. The number of hydrogen-bond donors (Lipinski definition) is 0. The lowest BCUT2D eigenvalue weighted by atomic mass is 9.96. The molecule has 0 bridgehead atoms. The van der Waals surface area contributed by atoms with E-state index in [-0.39, 0.29) is 23.9 Å². The minimum absolute atomic E-state index is 0.0191. The zero-order chi connectivity index (χ0) is 30.0. The molecule has 2 fully saturated rings. The molecule has 0 spiro atoms. The summed E-state index contributed by atoms with van der Waals surface area (Å²) in [7, 11) is 0. The molecule has 10 heteroatoms. The molecule has 3 aromatic heterocycles. The topological polar surface area (TPSA) is 80.6 Å². The van der Waals surface area contributed by atoms with Gasteiger partial charge in [-0.05, 0) is 68.2 Å². The number of ketones is 1. The fourth-order valence-electron chi connectivity index (χ4n) is 6.02. The standard InChI is InChI=1S/C34H32FN5O3S/c35-26-18-23(19-29(41)25-11-15-40(34(25)42)24-6-2-1-3-7-24)8-9-30(26)43-31-10-12-36-27-20-32(44-33(27)31)28-21-39(22-37-28)17-16-38-13-4-5-14-38/h1-3,6-10,12,18,20-22,25H,4-5,11,13-17,19H2. The van der Waals surface area contributed by atoms with Gasteiger partial charge in [-0.1, -0.05) is 24.3 Å². The van der Waals surface area contributed by atoms with E-state index in [0.29, 0.717) is 24.3 Å². The summed E-state index contributed by atoms with van der Waals surface area (Å²) in [6, 6.07) is 17.6. The highest BCUT2D eigenvalue weighted by Gasteiger charge is 2.37. The first-order valence-electron chi connectivity index (χ1n) is 15.0. The van der Waals surface area contributed by atoms with E-state index in [4.69, 9.17) is 4.74 Å². The maximum atomic E-state index is 15.2. The summed E-state index contributed by atoms with van der Waals surface area (Å²) in [5.41, 5.74) is 2.91. The number of Topliss-reactive ketones (excluding diaryl/α,β-unsaturated/α-hetero) is 1. The van der Waals surface area contributed by atoms with Crippen molar-refractivity contribution in [3.63, 3.8) is 0 Å². The van der Waals surface area contributed by atoms with Gasteiger partial charge in [0, 0.05) is 50.2 Å². The first-order valence-corrected chi connectivity index (χ1v) is 15.8. The van der Waals surface area contributed by atoms with Crippen LogP contribution in [0.25, 0.3) is 20.8 Å². The Hall–Kier alpha value is -4.41. The van der Waals surface area contributed by atoms with Gasteiger partial charge in [0.15, 0.2) is 11.6 Å². The minimum atomic E-state index is -0.719. The molecular weight excluding hydrogens is 577 g/mol. The highest BCUT2D eigenvalue weighted by molar-refractivity contribution is 7.22. The smallest absolute Gasteiger partial charge is 0.237 e. The number of hydrogen-bond acceptors (Lipinski definition) is 7. The number of para-hydroxylation sites is 1. The van der Waals surface area contributed by atoms with Crippen molar-refractivity contribution in [3.05, 3.63) is 90.8 Å². The van der Waals surface area contributed by atoms with Gasteiger partial charge in [0.2, 0.25) is 5.91 Å². The molecule has 0 N–H and O–H groups in total. The second-order valence-corrected chi connectivity index (χ2v) is 12.4. The monoisotopic (exact) mass is 609 g/mol. The average Bonchev–Trinajstić information content (AvgIpc) is 3.85. The molecule has 0 saturated carbocycles. The number of rotatable bonds is 10. The lowest BCUT2D eigenvalue weighted by molar-refractivity contribution is -0.130. The summed E-state index contributed by atoms with van der Waals surface area (Å²) in [6.45, 7) is 4.75. The second kappa shape index (κ2) is 12.3. The number of anilines is 1. The third-order valence-electron chi connectivity index (χ3n) is 8.39. The summed E-state index contributed by atoms with van der Waals surface area (Å²) in [5.74, 6) is -1.14. The van der Waals surface area contributed by atoms with E-state index in [1.54, 1.807) is 23.2 Å². The van der Waals surface area contributed by atoms with Gasteiger partial charge in [0.25, 0.3) is 0 Å². The van der Waals surface area contributed by atoms with Crippen LogP contribution in [0, 0.1) is 11.7 Å². The number of nitrogens with zero attached hydrogens (tertiary/aromatic N) is 5. The molecule has 44 heavy (non-hydrogen) atoms. The van der Waals surface area contributed by atoms with E-state index in [2.05, 4.69) is 25.6 Å². The molecule has 0 radical (unpaired) electrons. The van der Waals surface area contributed by atoms with Crippen LogP contribution in [0.2, 0.25) is 0 Å². The number of thiophene rings is 1. The number of ether oxygens (including phenoxy) is 1. The van der Waals surface area contributed by atoms with Crippen LogP contribution in [0.5, 0.6) is 11.5 Å². The van der Waals surface area contributed by atoms with E-state index in [9.17, 15) is 9.59 Å². The Labute approximate surface area is 258 Å². The van der Waals surface area contributed by atoms with Crippen molar-refractivity contribution in [1.29, 1.82) is 0 Å². The number of carbonyl (C=O) groups excluding carboxylic acids is 2. The van der Waals surface area contributed by atoms with Crippen molar-refractivity contribution >= 4 is 38.9 Å². The van der Waals surface area contributed by atoms with Crippen molar-refractivity contribution in [3.8, 4) is 22.1 Å². The van der Waals surface area contributed by atoms with E-state index < -0.39 is 11.7 Å². The predicted molar refractivity (Wildman–Crippen MR) is 169 cm³/mol. The number of carbonyl (C=O) groups is 2. The largest absolute Gasteiger partial charge is 0.453 e. The molecule has 2 aromatic carbocycles. The maximum absolute atomic E-state index is 15.2. The molecule has 5 heterocycles. The normalized spacial score (nSPS) is 17.2. The van der Waals surface area contributed by atoms with Crippen LogP contribution in [-0.4, -0.2) is 57.3 Å². The van der Waals surface area contributed by atoms with E-state index in [1.165, 1.54) is 49.4 Å². The zero-order valence-electron chi connectivity index (χ0n) is 24.2. The molecule has 2 aliphatic heterocycles. The molecule has 0 aliphatic carbocycles. The highest BCUT2D eigenvalue weighted by atomic mass is 32.1. The van der Waals surface area contributed by atoms with Crippen molar-refractivity contribution in [1.82, 2.24) is 19.4 Å². The summed E-state index contributed by atoms with van der Waals surface area (Å²) < 4.78 is 24.2. The van der Waals surface area contributed by atoms with Crippen LogP contribution in [0.1, 0.15) is 24.8 Å². The number of pyridine rings is 1. The van der Waals surface area contributed by atoms with Gasteiger partial charge in [0.1, 0.15) is 11.5 Å². The van der Waals surface area contributed by atoms with E-state index in [1.807, 2.05) is 42.7 Å². The van der Waals surface area contributed by atoms with Crippen LogP contribution in [-0.2, 0) is 22.6 Å². The summed E-state index contributed by atoms with van der Waals surface area (Å²) in [6.07, 6.45) is 8.55. The predicted octanol–water partition coefficient (Wildman–Crippen LogP) is 6.35. The maximum Gasteiger partial charge on any atom is 0.237 e. The third-order valence-corrected chi connectivity index (χ3v) is 9.55. The van der Waals surface area contributed by atoms with Crippen molar-refractivity contribution in [2.45, 2.75) is 32.2 Å². The first-order chi connectivity index (χ1) is 21.5. The Balaban J connectivity index is 1.02. The van der Waals surface area contributed by atoms with Crippen LogP contribution in [0.3, 0.4) is 0 Å². The zero-order valence-corrected chi connectivity index (χ0v) is 25.0. The number of aromatic nitrogens is 3. The molecule has 5 aromatic rings. The SMILES string of the molecule is O=C(Cc1ccc(Oc2ccnc3cc(-c4cn(CCN5CCCC5)cn4)sc23)c(F)c1)C1CCN(c2ccccc2)C1=O. The molecule has 8 nitrogen and oxygen atoms in total. The number of amides is 1. The van der Waals surface area contributed by atoms with Gasteiger partial charge >= 0.3 is 0 Å². The Morgan fingerprint density at radius 3 is 2.64 bits per heavy atom. The fraction of sp³-hybridized carbons (Fsp3) is 0.294. The van der Waals surface area contributed by atoms with Crippen molar-refractivity contribution in [2.24, 2.45) is 5.92 Å². The van der Waals surface area contributed by atoms with Gasteiger partial charge < -0.3 is 19.1 Å². The van der Waals surface area contributed by atoms with Gasteiger partial charge in [-0.25, -0.2) is 9.37 Å². The van der Waals surface area contributed by atoms with Crippen molar-refractivity contribution in [2.75, 3.05) is 31.1 Å². The quantitative estimate of drug-likeness (QED) is 0.172. The fourth-order valence-corrected chi connectivity index (χ4v) is 7.04. The molecule has 1 amide bonds.